The van der Waals surface area contributed by atoms with Crippen molar-refractivity contribution in [2.24, 2.45) is 0 Å². The summed E-state index contributed by atoms with van der Waals surface area (Å²) in [6, 6.07) is 10.2. The van der Waals surface area contributed by atoms with Crippen LogP contribution in [0.2, 0.25) is 0 Å². The molecule has 0 unspecified atom stereocenters. The Morgan fingerprint density at radius 1 is 0.955 bits per heavy atom. The first-order chi connectivity index (χ1) is 10.5. The van der Waals surface area contributed by atoms with E-state index in [0.717, 1.165) is 38.3 Å². The van der Waals surface area contributed by atoms with Crippen LogP contribution in [-0.4, -0.2) is 25.9 Å². The van der Waals surface area contributed by atoms with Crippen molar-refractivity contribution in [1.82, 2.24) is 0 Å². The van der Waals surface area contributed by atoms with Crippen LogP contribution in [0.4, 0.5) is 0 Å². The third-order valence-electron chi connectivity index (χ3n) is 3.58. The van der Waals surface area contributed by atoms with E-state index in [1.54, 1.807) is 21.3 Å². The summed E-state index contributed by atoms with van der Waals surface area (Å²) in [5, 5.41) is 0. The van der Waals surface area contributed by atoms with Gasteiger partial charge in [0.15, 0.2) is 0 Å². The molecule has 0 saturated heterocycles. The van der Waals surface area contributed by atoms with Crippen molar-refractivity contribution in [3.8, 4) is 22.6 Å². The van der Waals surface area contributed by atoms with Crippen molar-refractivity contribution >= 4 is 4.57 Å². The van der Waals surface area contributed by atoms with Gasteiger partial charge in [0.05, 0.1) is 0 Å². The molecule has 116 valence electrons. The van der Waals surface area contributed by atoms with Gasteiger partial charge in [0, 0.05) is 0 Å². The molecule has 0 aromatic heterocycles. The molecular weight excluding hydrogens is 316 g/mol. The van der Waals surface area contributed by atoms with Crippen LogP contribution in [0, 0.1) is 13.8 Å². The summed E-state index contributed by atoms with van der Waals surface area (Å²) in [7, 11) is 4.99. The normalized spacial score (nSPS) is 10.4. The Morgan fingerprint density at radius 3 is 2.27 bits per heavy atom. The van der Waals surface area contributed by atoms with Gasteiger partial charge in [-0.15, -0.1) is 0 Å². The molecule has 0 heterocycles. The zero-order valence-electron chi connectivity index (χ0n) is 13.5. The first-order valence-electron chi connectivity index (χ1n) is 6.93. The van der Waals surface area contributed by atoms with Gasteiger partial charge in [-0.25, -0.2) is 0 Å². The Bertz CT molecular complexity index is 708. The topological polar surface area (TPSA) is 27.7 Å². The summed E-state index contributed by atoms with van der Waals surface area (Å²) in [4.78, 5) is 0. The predicted octanol–water partition coefficient (Wildman–Crippen LogP) is 3.66. The van der Waals surface area contributed by atoms with E-state index in [1.165, 1.54) is 5.56 Å². The van der Waals surface area contributed by atoms with Crippen LogP contribution >= 0.6 is 0 Å². The molecule has 0 N–H and O–H groups in total. The molecule has 0 spiro atoms. The quantitative estimate of drug-likeness (QED) is 0.834. The molecule has 0 fully saturated rings. The summed E-state index contributed by atoms with van der Waals surface area (Å²) in [6.45, 7) is 4.13. The fourth-order valence-electron chi connectivity index (χ4n) is 2.50. The fourth-order valence-corrected chi connectivity index (χ4v) is 2.78. The standard InChI is InChI=1S/C18H20O3.Cr/c1-12-6-7-14(11-19-3)16(8-12)18-13(2)9-15(20-4)10-17(18)21-5;/h6-10H,1-5H3;. The van der Waals surface area contributed by atoms with Crippen LogP contribution in [0.15, 0.2) is 30.3 Å². The molecule has 0 aliphatic carbocycles. The maximum absolute atomic E-state index is 5.59. The third-order valence-corrected chi connectivity index (χ3v) is 4.18. The molecule has 0 radical (unpaired) electrons. The number of benzene rings is 2. The number of hydrogen-bond donors (Lipinski definition) is 0. The molecule has 0 aliphatic heterocycles. The van der Waals surface area contributed by atoms with Crippen LogP contribution < -0.4 is 9.47 Å². The molecule has 2 aromatic carbocycles. The molecule has 2 aromatic rings. The van der Waals surface area contributed by atoms with Gasteiger partial charge in [0.2, 0.25) is 0 Å². The van der Waals surface area contributed by atoms with Gasteiger partial charge in [-0.1, -0.05) is 0 Å². The maximum atomic E-state index is 5.59. The number of methoxy groups -OCH3 is 3. The van der Waals surface area contributed by atoms with Crippen molar-refractivity contribution in [3.05, 3.63) is 47.0 Å². The van der Waals surface area contributed by atoms with Crippen LogP contribution in [0.3, 0.4) is 0 Å². The molecule has 4 heteroatoms. The summed E-state index contributed by atoms with van der Waals surface area (Å²) in [6.07, 6.45) is 0. The van der Waals surface area contributed by atoms with Crippen molar-refractivity contribution in [1.29, 1.82) is 0 Å². The molecule has 3 nitrogen and oxygen atoms in total. The number of rotatable bonds is 5. The SMILES string of the molecule is CO[C](=[Cr])c1ccc(C)cc1-c1c(C)cc(OC)cc1OC. The summed E-state index contributed by atoms with van der Waals surface area (Å²) in [5.41, 5.74) is 5.41. The second kappa shape index (κ2) is 7.11. The average molecular weight is 336 g/mol. The van der Waals surface area contributed by atoms with E-state index in [0.29, 0.717) is 0 Å². The van der Waals surface area contributed by atoms with Crippen molar-refractivity contribution < 1.29 is 30.1 Å². The molecule has 2 rings (SSSR count). The Hall–Kier alpha value is -1.60. The van der Waals surface area contributed by atoms with Gasteiger partial charge in [-0.2, -0.15) is 0 Å². The Kier molecular flexibility index (Phi) is 5.42. The minimum atomic E-state index is 0.757. The summed E-state index contributed by atoms with van der Waals surface area (Å²) < 4.78 is 17.1. The monoisotopic (exact) mass is 336 g/mol. The van der Waals surface area contributed by atoms with Gasteiger partial charge in [0.25, 0.3) is 0 Å². The van der Waals surface area contributed by atoms with E-state index in [1.807, 2.05) is 12.1 Å². The number of hydrogen-bond acceptors (Lipinski definition) is 3. The third kappa shape index (κ3) is 3.25. The van der Waals surface area contributed by atoms with E-state index in [-0.39, 0.29) is 0 Å². The van der Waals surface area contributed by atoms with Crippen LogP contribution in [0.5, 0.6) is 11.5 Å². The first-order valence-corrected chi connectivity index (χ1v) is 7.57. The van der Waals surface area contributed by atoms with E-state index in [9.17, 15) is 0 Å². The van der Waals surface area contributed by atoms with Crippen LogP contribution in [0.25, 0.3) is 11.1 Å². The van der Waals surface area contributed by atoms with Gasteiger partial charge < -0.3 is 0 Å². The van der Waals surface area contributed by atoms with Crippen molar-refractivity contribution in [2.45, 2.75) is 13.8 Å². The molecule has 0 saturated carbocycles. The molecular formula is C18H20CrO3. The molecule has 22 heavy (non-hydrogen) atoms. The van der Waals surface area contributed by atoms with Crippen molar-refractivity contribution in [2.75, 3.05) is 21.3 Å². The van der Waals surface area contributed by atoms with E-state index in [4.69, 9.17) is 14.2 Å². The molecule has 0 aliphatic rings. The van der Waals surface area contributed by atoms with Gasteiger partial charge >= 0.3 is 139 Å². The zero-order valence-corrected chi connectivity index (χ0v) is 14.8. The molecule has 0 atom stereocenters. The molecule has 0 bridgehead atoms. The molecule has 0 amide bonds. The van der Waals surface area contributed by atoms with Crippen LogP contribution in [0.1, 0.15) is 16.7 Å². The summed E-state index contributed by atoms with van der Waals surface area (Å²) >= 11 is 2.98. The predicted molar refractivity (Wildman–Crippen MR) is 85.6 cm³/mol. The van der Waals surface area contributed by atoms with E-state index >= 15 is 0 Å². The van der Waals surface area contributed by atoms with E-state index < -0.39 is 0 Å². The van der Waals surface area contributed by atoms with Gasteiger partial charge in [-0.3, -0.25) is 0 Å². The first kappa shape index (κ1) is 16.8. The summed E-state index contributed by atoms with van der Waals surface area (Å²) in [5.74, 6) is 1.57. The Balaban J connectivity index is 2.76. The second-order valence-corrected chi connectivity index (χ2v) is 5.64. The van der Waals surface area contributed by atoms with Gasteiger partial charge in [-0.05, 0) is 0 Å². The number of ether oxygens (including phenoxy) is 3. The Morgan fingerprint density at radius 2 is 1.68 bits per heavy atom. The minimum absolute atomic E-state index is 0.757. The van der Waals surface area contributed by atoms with Gasteiger partial charge in [0.1, 0.15) is 0 Å². The fraction of sp³-hybridized carbons (Fsp3) is 0.278. The second-order valence-electron chi connectivity index (χ2n) is 5.06. The van der Waals surface area contributed by atoms with E-state index in [2.05, 4.69) is 47.9 Å². The van der Waals surface area contributed by atoms with Crippen molar-refractivity contribution in [3.63, 3.8) is 0 Å². The number of aryl methyl sites for hydroxylation is 2. The zero-order chi connectivity index (χ0) is 16.3. The van der Waals surface area contributed by atoms with Crippen LogP contribution in [-0.2, 0) is 20.6 Å². The average Bonchev–Trinajstić information content (AvgIpc) is 2.53. The Labute approximate surface area is 139 Å².